The van der Waals surface area contributed by atoms with Gasteiger partial charge in [-0.3, -0.25) is 0 Å². The summed E-state index contributed by atoms with van der Waals surface area (Å²) in [5.74, 6) is 0.602. The molecule has 6 heteroatoms. The van der Waals surface area contributed by atoms with Gasteiger partial charge in [0.25, 0.3) is 8.32 Å². The molecule has 3 rings (SSSR count). The van der Waals surface area contributed by atoms with Gasteiger partial charge in [-0.15, -0.1) is 0 Å². The fourth-order valence-corrected chi connectivity index (χ4v) is 9.18. The standard InChI is InChI=1S/C29H39NO4Si/c1-22(26(25-19-14-20-32-25)30-27(31)34-28(2,3)4)21-33-35(29(5,6)7,23-15-10-8-11-16-23)24-17-12-9-13-18-24/h8-20,22,26H,21H2,1-7H3,(H,30,31)/t22-,26-/m0/s1. The molecule has 0 unspecified atom stereocenters. The summed E-state index contributed by atoms with van der Waals surface area (Å²) in [6.07, 6.45) is 1.14. The Morgan fingerprint density at radius 2 is 1.43 bits per heavy atom. The molecule has 2 atom stereocenters. The Morgan fingerprint density at radius 1 is 0.886 bits per heavy atom. The second-order valence-electron chi connectivity index (χ2n) is 11.1. The quantitative estimate of drug-likeness (QED) is 0.388. The highest BCUT2D eigenvalue weighted by Crippen LogP contribution is 2.37. The smallest absolute Gasteiger partial charge is 0.408 e. The number of hydrogen-bond acceptors (Lipinski definition) is 4. The Labute approximate surface area is 211 Å². The van der Waals surface area contributed by atoms with Crippen molar-refractivity contribution < 1.29 is 18.4 Å². The first-order chi connectivity index (χ1) is 16.4. The van der Waals surface area contributed by atoms with Crippen molar-refractivity contribution in [3.63, 3.8) is 0 Å². The first-order valence-electron chi connectivity index (χ1n) is 12.2. The average molecular weight is 494 g/mol. The van der Waals surface area contributed by atoms with E-state index in [1.54, 1.807) is 6.26 Å². The lowest BCUT2D eigenvalue weighted by Crippen LogP contribution is -2.67. The van der Waals surface area contributed by atoms with Crippen LogP contribution in [0.15, 0.2) is 83.5 Å². The number of carbonyl (C=O) groups is 1. The number of alkyl carbamates (subject to hydrolysis) is 1. The van der Waals surface area contributed by atoms with Gasteiger partial charge in [0.1, 0.15) is 11.4 Å². The Morgan fingerprint density at radius 3 is 1.86 bits per heavy atom. The van der Waals surface area contributed by atoms with Crippen molar-refractivity contribution in [2.24, 2.45) is 5.92 Å². The molecule has 35 heavy (non-hydrogen) atoms. The van der Waals surface area contributed by atoms with Crippen LogP contribution in [0.5, 0.6) is 0 Å². The monoisotopic (exact) mass is 493 g/mol. The number of amides is 1. The van der Waals surface area contributed by atoms with Crippen LogP contribution in [0.1, 0.15) is 60.3 Å². The van der Waals surface area contributed by atoms with Gasteiger partial charge in [-0.05, 0) is 48.3 Å². The maximum atomic E-state index is 12.7. The minimum absolute atomic E-state index is 0.0738. The van der Waals surface area contributed by atoms with Crippen molar-refractivity contribution in [1.82, 2.24) is 5.32 Å². The first-order valence-corrected chi connectivity index (χ1v) is 14.1. The zero-order valence-corrected chi connectivity index (χ0v) is 23.0. The molecule has 1 N–H and O–H groups in total. The molecular formula is C29H39NO4Si. The van der Waals surface area contributed by atoms with E-state index >= 15 is 0 Å². The van der Waals surface area contributed by atoms with E-state index in [-0.39, 0.29) is 11.0 Å². The van der Waals surface area contributed by atoms with Crippen LogP contribution >= 0.6 is 0 Å². The second-order valence-corrected chi connectivity index (χ2v) is 15.4. The molecule has 0 saturated heterocycles. The number of hydrogen-bond donors (Lipinski definition) is 1. The van der Waals surface area contributed by atoms with Crippen molar-refractivity contribution >= 4 is 24.8 Å². The number of ether oxygens (including phenoxy) is 1. The van der Waals surface area contributed by atoms with Crippen molar-refractivity contribution in [2.45, 2.75) is 65.1 Å². The fraction of sp³-hybridized carbons (Fsp3) is 0.414. The van der Waals surface area contributed by atoms with E-state index < -0.39 is 26.1 Å². The SMILES string of the molecule is C[C@@H](CO[Si](c1ccccc1)(c1ccccc1)C(C)(C)C)[C@H](NC(=O)OC(C)(C)C)c1ccco1. The molecule has 2 aromatic carbocycles. The number of rotatable bonds is 8. The van der Waals surface area contributed by atoms with E-state index in [1.165, 1.54) is 10.4 Å². The number of carbonyl (C=O) groups excluding carboxylic acids is 1. The lowest BCUT2D eigenvalue weighted by molar-refractivity contribution is 0.0466. The molecule has 0 radical (unpaired) electrons. The molecule has 0 spiro atoms. The van der Waals surface area contributed by atoms with Crippen molar-refractivity contribution in [2.75, 3.05) is 6.61 Å². The summed E-state index contributed by atoms with van der Waals surface area (Å²) in [5.41, 5.74) is -0.591. The fourth-order valence-electron chi connectivity index (χ4n) is 4.51. The molecule has 0 fully saturated rings. The van der Waals surface area contributed by atoms with E-state index in [4.69, 9.17) is 13.6 Å². The lowest BCUT2D eigenvalue weighted by atomic mass is 10.0. The minimum atomic E-state index is -2.70. The minimum Gasteiger partial charge on any atom is -0.467 e. The lowest BCUT2D eigenvalue weighted by Gasteiger charge is -2.44. The molecule has 0 bridgehead atoms. The molecule has 0 aliphatic rings. The van der Waals surface area contributed by atoms with Crippen LogP contribution in [-0.2, 0) is 9.16 Å². The number of benzene rings is 2. The van der Waals surface area contributed by atoms with Gasteiger partial charge in [-0.25, -0.2) is 4.79 Å². The molecule has 188 valence electrons. The van der Waals surface area contributed by atoms with E-state index in [1.807, 2.05) is 45.0 Å². The summed E-state index contributed by atoms with van der Waals surface area (Å²) in [6.45, 7) is 14.8. The van der Waals surface area contributed by atoms with Crippen LogP contribution in [0, 0.1) is 5.92 Å². The van der Waals surface area contributed by atoms with Crippen LogP contribution in [0.3, 0.4) is 0 Å². The van der Waals surface area contributed by atoms with Gasteiger partial charge in [0.05, 0.1) is 12.3 Å². The Balaban J connectivity index is 1.95. The van der Waals surface area contributed by atoms with E-state index in [0.717, 1.165) is 0 Å². The molecule has 3 aromatic rings. The zero-order valence-electron chi connectivity index (χ0n) is 22.0. The van der Waals surface area contributed by atoms with Gasteiger partial charge in [0.2, 0.25) is 0 Å². The largest absolute Gasteiger partial charge is 0.467 e. The Kier molecular flexibility index (Phi) is 8.29. The number of furan rings is 1. The highest BCUT2D eigenvalue weighted by atomic mass is 28.4. The Hall–Kier alpha value is -2.83. The molecule has 1 aromatic heterocycles. The molecule has 1 heterocycles. The molecule has 0 aliphatic heterocycles. The van der Waals surface area contributed by atoms with Crippen molar-refractivity contribution in [3.05, 3.63) is 84.8 Å². The first kappa shape index (κ1) is 26.8. The maximum Gasteiger partial charge on any atom is 0.408 e. The van der Waals surface area contributed by atoms with Gasteiger partial charge in [0, 0.05) is 12.5 Å². The predicted molar refractivity (Wildman–Crippen MR) is 144 cm³/mol. The van der Waals surface area contributed by atoms with Crippen LogP contribution in [0.25, 0.3) is 0 Å². The normalized spacial score (nSPS) is 14.3. The third kappa shape index (κ3) is 6.44. The molecule has 5 nitrogen and oxygen atoms in total. The summed E-state index contributed by atoms with van der Waals surface area (Å²) in [7, 11) is -2.70. The maximum absolute atomic E-state index is 12.7. The topological polar surface area (TPSA) is 60.7 Å². The summed E-state index contributed by atoms with van der Waals surface area (Å²) < 4.78 is 18.3. The highest BCUT2D eigenvalue weighted by Gasteiger charge is 2.50. The Bertz CT molecular complexity index is 1010. The van der Waals surface area contributed by atoms with Gasteiger partial charge >= 0.3 is 6.09 Å². The summed E-state index contributed by atoms with van der Waals surface area (Å²) in [4.78, 5) is 12.7. The van der Waals surface area contributed by atoms with Gasteiger partial charge in [0.15, 0.2) is 0 Å². The van der Waals surface area contributed by atoms with E-state index in [9.17, 15) is 4.79 Å². The van der Waals surface area contributed by atoms with Gasteiger partial charge in [-0.1, -0.05) is 88.4 Å². The predicted octanol–water partition coefficient (Wildman–Crippen LogP) is 6.06. The average Bonchev–Trinajstić information content (AvgIpc) is 3.32. The van der Waals surface area contributed by atoms with Gasteiger partial charge in [-0.2, -0.15) is 0 Å². The summed E-state index contributed by atoms with van der Waals surface area (Å²) >= 11 is 0. The van der Waals surface area contributed by atoms with Crippen LogP contribution in [-0.4, -0.2) is 26.6 Å². The second kappa shape index (κ2) is 10.8. The van der Waals surface area contributed by atoms with Crippen molar-refractivity contribution in [3.8, 4) is 0 Å². The zero-order chi connectivity index (χ0) is 25.7. The van der Waals surface area contributed by atoms with Crippen LogP contribution in [0.4, 0.5) is 4.79 Å². The molecule has 1 amide bonds. The molecular weight excluding hydrogens is 454 g/mol. The highest BCUT2D eigenvalue weighted by molar-refractivity contribution is 6.99. The van der Waals surface area contributed by atoms with Crippen molar-refractivity contribution in [1.29, 1.82) is 0 Å². The van der Waals surface area contributed by atoms with E-state index in [0.29, 0.717) is 12.4 Å². The molecule has 0 aliphatic carbocycles. The van der Waals surface area contributed by atoms with E-state index in [2.05, 4.69) is 81.5 Å². The summed E-state index contributed by atoms with van der Waals surface area (Å²) in [5, 5.41) is 5.33. The third-order valence-electron chi connectivity index (χ3n) is 6.07. The van der Waals surface area contributed by atoms with Gasteiger partial charge < -0.3 is 18.9 Å². The molecule has 0 saturated carbocycles. The van der Waals surface area contributed by atoms with Crippen LogP contribution < -0.4 is 15.7 Å². The third-order valence-corrected chi connectivity index (χ3v) is 11.1. The van der Waals surface area contributed by atoms with Crippen LogP contribution in [0.2, 0.25) is 5.04 Å². The summed E-state index contributed by atoms with van der Waals surface area (Å²) in [6, 6.07) is 24.4. The number of nitrogens with one attached hydrogen (secondary N) is 1.